The number of hydrogen-bond acceptors (Lipinski definition) is 6. The number of nitrogens with zero attached hydrogens (tertiary/aromatic N) is 3. The van der Waals surface area contributed by atoms with Gasteiger partial charge in [0.2, 0.25) is 0 Å². The van der Waals surface area contributed by atoms with Crippen LogP contribution in [0.3, 0.4) is 0 Å². The number of aliphatic hydroxyl groups is 1. The maximum atomic E-state index is 12.6. The number of carbonyl (C=O) groups excluding carboxylic acids is 1. The first kappa shape index (κ1) is 23.5. The van der Waals surface area contributed by atoms with Gasteiger partial charge < -0.3 is 20.2 Å². The van der Waals surface area contributed by atoms with Gasteiger partial charge in [0, 0.05) is 30.4 Å². The van der Waals surface area contributed by atoms with Gasteiger partial charge in [0.15, 0.2) is 0 Å². The zero-order chi connectivity index (χ0) is 24.4. The van der Waals surface area contributed by atoms with Crippen molar-refractivity contribution in [1.82, 2.24) is 15.2 Å². The van der Waals surface area contributed by atoms with E-state index >= 15 is 0 Å². The fourth-order valence-electron chi connectivity index (χ4n) is 4.87. The number of aromatic nitrogens is 1. The smallest absolute Gasteiger partial charge is 0.251 e. The highest BCUT2D eigenvalue weighted by Gasteiger charge is 2.31. The van der Waals surface area contributed by atoms with Crippen LogP contribution in [0.4, 0.5) is 5.69 Å². The molecular formula is C27H31N5O2S. The van der Waals surface area contributed by atoms with Crippen LogP contribution < -0.4 is 10.2 Å². The van der Waals surface area contributed by atoms with Gasteiger partial charge in [-0.1, -0.05) is 18.6 Å². The molecule has 0 bridgehead atoms. The Hall–Kier alpha value is -3.23. The van der Waals surface area contributed by atoms with Crippen LogP contribution in [0, 0.1) is 5.41 Å². The molecule has 2 aliphatic rings. The zero-order valence-electron chi connectivity index (χ0n) is 20.0. The molecule has 0 aliphatic carbocycles. The summed E-state index contributed by atoms with van der Waals surface area (Å²) in [6, 6.07) is 15.6. The summed E-state index contributed by atoms with van der Waals surface area (Å²) in [5.41, 5.74) is 2.68. The SMILES string of the molecule is CC1CCCCN1CCCNC(=O)c1ccc(N2CC(O)=C(c3nc4ccccc4s3)C2=N)cc1. The molecule has 0 spiro atoms. The Morgan fingerprint density at radius 3 is 2.77 bits per heavy atom. The minimum absolute atomic E-state index is 0.0872. The van der Waals surface area contributed by atoms with Crippen LogP contribution in [-0.2, 0) is 0 Å². The van der Waals surface area contributed by atoms with Crippen LogP contribution in [0.2, 0.25) is 0 Å². The number of carbonyl (C=O) groups is 1. The second-order valence-corrected chi connectivity index (χ2v) is 10.3. The number of fused-ring (bicyclic) bond motifs is 1. The number of amidine groups is 1. The number of amides is 1. The van der Waals surface area contributed by atoms with E-state index in [0.717, 1.165) is 35.4 Å². The van der Waals surface area contributed by atoms with E-state index in [2.05, 4.69) is 22.1 Å². The largest absolute Gasteiger partial charge is 0.510 e. The summed E-state index contributed by atoms with van der Waals surface area (Å²) >= 11 is 1.47. The summed E-state index contributed by atoms with van der Waals surface area (Å²) in [5, 5.41) is 23.0. The molecule has 2 aromatic carbocycles. The van der Waals surface area contributed by atoms with Crippen LogP contribution in [0.15, 0.2) is 54.3 Å². The topological polar surface area (TPSA) is 92.6 Å². The van der Waals surface area contributed by atoms with E-state index in [0.29, 0.717) is 28.7 Å². The molecule has 0 radical (unpaired) electrons. The number of nitrogens with one attached hydrogen (secondary N) is 2. The molecule has 7 nitrogen and oxygen atoms in total. The molecule has 8 heteroatoms. The van der Waals surface area contributed by atoms with Gasteiger partial charge in [-0.3, -0.25) is 10.2 Å². The Balaban J connectivity index is 1.18. The number of para-hydroxylation sites is 1. The minimum Gasteiger partial charge on any atom is -0.510 e. The van der Waals surface area contributed by atoms with Gasteiger partial charge in [-0.25, -0.2) is 4.98 Å². The van der Waals surface area contributed by atoms with Crippen molar-refractivity contribution in [3.8, 4) is 0 Å². The number of anilines is 1. The standard InChI is InChI=1S/C27H31N5O2S/c1-18-7-4-5-15-31(18)16-6-14-29-26(34)19-10-12-20(13-11-19)32-17-22(33)24(25(32)28)27-30-21-8-2-3-9-23(21)35-27/h2-3,8-13,18,28,33H,4-7,14-17H2,1H3,(H,29,34). The molecule has 2 aliphatic heterocycles. The monoisotopic (exact) mass is 489 g/mol. The highest BCUT2D eigenvalue weighted by Crippen LogP contribution is 2.35. The first-order valence-corrected chi connectivity index (χ1v) is 13.1. The number of hydrogen-bond donors (Lipinski definition) is 3. The van der Waals surface area contributed by atoms with Crippen LogP contribution >= 0.6 is 11.3 Å². The molecule has 1 saturated heterocycles. The fraction of sp³-hybridized carbons (Fsp3) is 0.370. The van der Waals surface area contributed by atoms with E-state index in [4.69, 9.17) is 5.41 Å². The van der Waals surface area contributed by atoms with E-state index in [1.54, 1.807) is 17.0 Å². The predicted octanol–water partition coefficient (Wildman–Crippen LogP) is 5.06. The molecule has 35 heavy (non-hydrogen) atoms. The Morgan fingerprint density at radius 2 is 2.00 bits per heavy atom. The van der Waals surface area contributed by atoms with Crippen molar-refractivity contribution in [2.45, 2.75) is 38.6 Å². The summed E-state index contributed by atoms with van der Waals surface area (Å²) in [6.45, 7) is 5.34. The first-order valence-electron chi connectivity index (χ1n) is 12.3. The lowest BCUT2D eigenvalue weighted by molar-refractivity contribution is 0.0949. The highest BCUT2D eigenvalue weighted by molar-refractivity contribution is 7.19. The number of thiazole rings is 1. The predicted molar refractivity (Wildman–Crippen MR) is 143 cm³/mol. The normalized spacial score (nSPS) is 19.1. The van der Waals surface area contributed by atoms with Crippen LogP contribution in [0.25, 0.3) is 15.8 Å². The average Bonchev–Trinajstić information content (AvgIpc) is 3.42. The molecule has 182 valence electrons. The third kappa shape index (κ3) is 4.94. The number of rotatable bonds is 7. The van der Waals surface area contributed by atoms with Gasteiger partial charge in [-0.2, -0.15) is 0 Å². The molecule has 1 atom stereocenters. The molecular weight excluding hydrogens is 458 g/mol. The molecule has 1 aromatic heterocycles. The van der Waals surface area contributed by atoms with E-state index in [1.165, 1.54) is 30.6 Å². The lowest BCUT2D eigenvalue weighted by atomic mass is 10.0. The van der Waals surface area contributed by atoms with Crippen molar-refractivity contribution in [2.24, 2.45) is 0 Å². The van der Waals surface area contributed by atoms with E-state index in [-0.39, 0.29) is 24.0 Å². The zero-order valence-corrected chi connectivity index (χ0v) is 20.8. The van der Waals surface area contributed by atoms with Crippen molar-refractivity contribution >= 4 is 44.6 Å². The lowest BCUT2D eigenvalue weighted by Gasteiger charge is -2.33. The lowest BCUT2D eigenvalue weighted by Crippen LogP contribution is -2.39. The summed E-state index contributed by atoms with van der Waals surface area (Å²) in [4.78, 5) is 21.5. The number of aliphatic hydroxyl groups excluding tert-OH is 1. The number of piperidine rings is 1. The van der Waals surface area contributed by atoms with Crippen molar-refractivity contribution in [3.05, 3.63) is 64.9 Å². The van der Waals surface area contributed by atoms with Crippen molar-refractivity contribution in [1.29, 1.82) is 5.41 Å². The summed E-state index contributed by atoms with van der Waals surface area (Å²) in [7, 11) is 0. The van der Waals surface area contributed by atoms with E-state index in [1.807, 2.05) is 36.4 Å². The number of benzene rings is 2. The van der Waals surface area contributed by atoms with E-state index in [9.17, 15) is 9.90 Å². The van der Waals surface area contributed by atoms with Crippen molar-refractivity contribution in [3.63, 3.8) is 0 Å². The molecule has 1 amide bonds. The quantitative estimate of drug-likeness (QED) is 0.404. The van der Waals surface area contributed by atoms with Crippen molar-refractivity contribution < 1.29 is 9.90 Å². The van der Waals surface area contributed by atoms with Crippen LogP contribution in [0.5, 0.6) is 0 Å². The second-order valence-electron chi connectivity index (χ2n) is 9.28. The molecule has 3 N–H and O–H groups in total. The first-order chi connectivity index (χ1) is 17.0. The Bertz CT molecular complexity index is 1230. The molecule has 1 fully saturated rings. The molecule has 5 rings (SSSR count). The Morgan fingerprint density at radius 1 is 1.20 bits per heavy atom. The average molecular weight is 490 g/mol. The van der Waals surface area contributed by atoms with Gasteiger partial charge in [-0.05, 0) is 69.1 Å². The Labute approximate surface area is 209 Å². The highest BCUT2D eigenvalue weighted by atomic mass is 32.1. The van der Waals surface area contributed by atoms with Gasteiger partial charge in [0.05, 0.1) is 22.3 Å². The summed E-state index contributed by atoms with van der Waals surface area (Å²) in [6.07, 6.45) is 4.80. The second kappa shape index (κ2) is 10.2. The van der Waals surface area contributed by atoms with Crippen LogP contribution in [0.1, 0.15) is 48.0 Å². The molecule has 1 unspecified atom stereocenters. The fourth-order valence-corrected chi connectivity index (χ4v) is 5.91. The third-order valence-corrected chi connectivity index (χ3v) is 7.95. The Kier molecular flexibility index (Phi) is 6.83. The van der Waals surface area contributed by atoms with Crippen molar-refractivity contribution in [2.75, 3.05) is 31.1 Å². The van der Waals surface area contributed by atoms with Gasteiger partial charge >= 0.3 is 0 Å². The summed E-state index contributed by atoms with van der Waals surface area (Å²) in [5.74, 6) is 0.264. The van der Waals surface area contributed by atoms with Gasteiger partial charge in [0.1, 0.15) is 16.6 Å². The molecule has 3 heterocycles. The third-order valence-electron chi connectivity index (χ3n) is 6.90. The maximum Gasteiger partial charge on any atom is 0.251 e. The van der Waals surface area contributed by atoms with Gasteiger partial charge in [0.25, 0.3) is 5.91 Å². The number of likely N-dealkylation sites (tertiary alicyclic amines) is 1. The minimum atomic E-state index is -0.0872. The molecule has 0 saturated carbocycles. The maximum absolute atomic E-state index is 12.6. The van der Waals surface area contributed by atoms with Crippen LogP contribution in [-0.4, -0.2) is 59.0 Å². The van der Waals surface area contributed by atoms with Gasteiger partial charge in [-0.15, -0.1) is 11.3 Å². The summed E-state index contributed by atoms with van der Waals surface area (Å²) < 4.78 is 1.02. The van der Waals surface area contributed by atoms with E-state index < -0.39 is 0 Å². The molecule has 3 aromatic rings.